The van der Waals surface area contributed by atoms with E-state index in [0.29, 0.717) is 0 Å². The Balaban J connectivity index is 0.000000370. The summed E-state index contributed by atoms with van der Waals surface area (Å²) in [5.74, 6) is 0. The van der Waals surface area contributed by atoms with Crippen LogP contribution in [0.15, 0.2) is 91.5 Å². The first-order valence-corrected chi connectivity index (χ1v) is 9.66. The van der Waals surface area contributed by atoms with Gasteiger partial charge < -0.3 is 0 Å². The maximum Gasteiger partial charge on any atom is 2.00 e. The van der Waals surface area contributed by atoms with Crippen molar-refractivity contribution < 1.29 is 21.7 Å². The molecule has 0 aromatic heterocycles. The van der Waals surface area contributed by atoms with Gasteiger partial charge in [-0.15, -0.1) is 48.3 Å². The maximum atomic E-state index is 3.46. The second kappa shape index (κ2) is 13.3. The summed E-state index contributed by atoms with van der Waals surface area (Å²) in [4.78, 5) is 0. The van der Waals surface area contributed by atoms with Crippen molar-refractivity contribution in [1.82, 2.24) is 0 Å². The van der Waals surface area contributed by atoms with Crippen LogP contribution in [0.25, 0.3) is 10.8 Å². The maximum absolute atomic E-state index is 3.46. The first-order chi connectivity index (χ1) is 10.7. The van der Waals surface area contributed by atoms with E-state index >= 15 is 0 Å². The number of allylic oxidation sites excluding steroid dienone is 3. The Bertz CT molecular complexity index is 610. The van der Waals surface area contributed by atoms with Crippen molar-refractivity contribution in [2.24, 2.45) is 0 Å². The molecule has 0 atom stereocenters. The number of benzene rings is 1. The zero-order chi connectivity index (χ0) is 16.2. The molecule has 0 radical (unpaired) electrons. The van der Waals surface area contributed by atoms with Crippen molar-refractivity contribution in [2.75, 3.05) is 13.3 Å². The van der Waals surface area contributed by atoms with Gasteiger partial charge in [0.1, 0.15) is 0 Å². The van der Waals surface area contributed by atoms with Gasteiger partial charge in [0.2, 0.25) is 0 Å². The minimum Gasteiger partial charge on any atom is -0.214 e. The Hall–Kier alpha value is -1.20. The predicted octanol–water partition coefficient (Wildman–Crippen LogP) is 6.08. The Labute approximate surface area is 157 Å². The van der Waals surface area contributed by atoms with Crippen molar-refractivity contribution in [3.05, 3.63) is 91.5 Å². The molecular weight excluding hydrogens is 331 g/mol. The average molecular weight is 356 g/mol. The van der Waals surface area contributed by atoms with Gasteiger partial charge in [-0.25, -0.2) is 12.1 Å². The Kier molecular flexibility index (Phi) is 12.6. The molecule has 0 unspecified atom stereocenters. The molecule has 0 saturated carbocycles. The molecule has 118 valence electrons. The van der Waals surface area contributed by atoms with E-state index in [1.54, 1.807) is 6.08 Å². The molecule has 0 aliphatic heterocycles. The van der Waals surface area contributed by atoms with Gasteiger partial charge in [0.05, 0.1) is 0 Å². The van der Waals surface area contributed by atoms with Crippen LogP contribution in [0.2, 0.25) is 0 Å². The molecule has 0 N–H and O–H groups in total. The van der Waals surface area contributed by atoms with Crippen LogP contribution < -0.4 is 5.30 Å². The molecular formula is C21H25PTi. The molecule has 0 saturated heterocycles. The standard InChI is InChI=1S/C11H12P.C5H5.C5H8.Ti/c1-12(2)11-7-9-5-3-4-6-10(9)8-11;1-2-4-5-3-1;1-3-5-4-2;/h3-8H,1-2H3;1-5H;3-5H,1H2,2H3;/q2*-1;;+2. The molecule has 0 heterocycles. The van der Waals surface area contributed by atoms with Crippen molar-refractivity contribution in [1.29, 1.82) is 0 Å². The van der Waals surface area contributed by atoms with Crippen LogP contribution in [0, 0.1) is 0 Å². The zero-order valence-corrected chi connectivity index (χ0v) is 16.7. The summed E-state index contributed by atoms with van der Waals surface area (Å²) in [6.45, 7) is 10.0. The number of hydrogen-bond acceptors (Lipinski definition) is 0. The Morgan fingerprint density at radius 1 is 1.04 bits per heavy atom. The fraction of sp³-hybridized carbons (Fsp3) is 0.143. The quantitative estimate of drug-likeness (QED) is 0.226. The van der Waals surface area contributed by atoms with Crippen LogP contribution in [-0.4, -0.2) is 13.3 Å². The first-order valence-electron chi connectivity index (χ1n) is 7.42. The molecule has 3 rings (SSSR count). The van der Waals surface area contributed by atoms with Crippen LogP contribution in [0.3, 0.4) is 0 Å². The summed E-state index contributed by atoms with van der Waals surface area (Å²) in [6, 6.07) is 23.2. The van der Waals surface area contributed by atoms with Crippen molar-refractivity contribution in [3.63, 3.8) is 0 Å². The van der Waals surface area contributed by atoms with Gasteiger partial charge in [0.15, 0.2) is 0 Å². The molecule has 3 aromatic carbocycles. The molecule has 0 nitrogen and oxygen atoms in total. The molecule has 2 heteroatoms. The Morgan fingerprint density at radius 3 is 2.09 bits per heavy atom. The van der Waals surface area contributed by atoms with Crippen LogP contribution in [0.1, 0.15) is 6.92 Å². The van der Waals surface area contributed by atoms with Gasteiger partial charge in [0, 0.05) is 0 Å². The normalized spacial score (nSPS) is 9.57. The molecule has 0 bridgehead atoms. The summed E-state index contributed by atoms with van der Waals surface area (Å²) in [7, 11) is 0.0576. The van der Waals surface area contributed by atoms with Crippen molar-refractivity contribution in [2.45, 2.75) is 6.92 Å². The monoisotopic (exact) mass is 356 g/mol. The fourth-order valence-electron chi connectivity index (χ4n) is 1.85. The number of rotatable bonds is 2. The van der Waals surface area contributed by atoms with E-state index in [1.165, 1.54) is 16.1 Å². The topological polar surface area (TPSA) is 0 Å². The third kappa shape index (κ3) is 8.87. The predicted molar refractivity (Wildman–Crippen MR) is 105 cm³/mol. The second-order valence-electron chi connectivity index (χ2n) is 4.96. The summed E-state index contributed by atoms with van der Waals surface area (Å²) in [5, 5.41) is 4.26. The van der Waals surface area contributed by atoms with E-state index in [9.17, 15) is 0 Å². The van der Waals surface area contributed by atoms with E-state index in [2.05, 4.69) is 56.3 Å². The van der Waals surface area contributed by atoms with Crippen molar-refractivity contribution in [3.8, 4) is 0 Å². The third-order valence-corrected chi connectivity index (χ3v) is 4.29. The summed E-state index contributed by atoms with van der Waals surface area (Å²) in [5.41, 5.74) is 0. The summed E-state index contributed by atoms with van der Waals surface area (Å²) in [6.07, 6.45) is 5.58. The molecule has 3 aromatic rings. The number of hydrogen-bond donors (Lipinski definition) is 0. The zero-order valence-electron chi connectivity index (χ0n) is 14.2. The molecule has 0 fully saturated rings. The largest absolute Gasteiger partial charge is 2.00 e. The van der Waals surface area contributed by atoms with Gasteiger partial charge in [-0.2, -0.15) is 24.3 Å². The molecule has 0 amide bonds. The summed E-state index contributed by atoms with van der Waals surface area (Å²) >= 11 is 0. The van der Waals surface area contributed by atoms with Gasteiger partial charge in [-0.05, 0) is 20.3 Å². The minimum absolute atomic E-state index is 0. The fourth-order valence-corrected chi connectivity index (χ4v) is 2.64. The molecule has 23 heavy (non-hydrogen) atoms. The Morgan fingerprint density at radius 2 is 1.70 bits per heavy atom. The van der Waals surface area contributed by atoms with E-state index in [-0.39, 0.29) is 29.6 Å². The average Bonchev–Trinajstić information content (AvgIpc) is 3.21. The van der Waals surface area contributed by atoms with E-state index in [0.717, 1.165) is 0 Å². The second-order valence-corrected chi connectivity index (χ2v) is 7.27. The van der Waals surface area contributed by atoms with Gasteiger partial charge >= 0.3 is 21.7 Å². The van der Waals surface area contributed by atoms with Gasteiger partial charge in [-0.3, -0.25) is 0 Å². The third-order valence-electron chi connectivity index (χ3n) is 3.00. The van der Waals surface area contributed by atoms with Crippen molar-refractivity contribution >= 4 is 24.0 Å². The summed E-state index contributed by atoms with van der Waals surface area (Å²) < 4.78 is 0. The van der Waals surface area contributed by atoms with Crippen LogP contribution in [-0.2, 0) is 21.7 Å². The van der Waals surface area contributed by atoms with E-state index in [4.69, 9.17) is 0 Å². The number of fused-ring (bicyclic) bond motifs is 1. The molecule has 0 spiro atoms. The van der Waals surface area contributed by atoms with E-state index in [1.807, 2.05) is 49.4 Å². The smallest absolute Gasteiger partial charge is 0.214 e. The van der Waals surface area contributed by atoms with Crippen LogP contribution >= 0.6 is 7.92 Å². The van der Waals surface area contributed by atoms with Gasteiger partial charge in [-0.1, -0.05) is 30.9 Å². The van der Waals surface area contributed by atoms with E-state index < -0.39 is 0 Å². The minimum atomic E-state index is 0. The SMILES string of the molecule is C=CC=CC.CP(C)c1cc2ccccc2[cH-]1.[Ti+2].c1cc[cH-]c1. The molecule has 0 aliphatic rings. The van der Waals surface area contributed by atoms with Crippen LogP contribution in [0.4, 0.5) is 0 Å². The van der Waals surface area contributed by atoms with Gasteiger partial charge in [0.25, 0.3) is 0 Å². The van der Waals surface area contributed by atoms with Crippen LogP contribution in [0.5, 0.6) is 0 Å². The molecule has 0 aliphatic carbocycles. The first kappa shape index (κ1) is 21.8.